The van der Waals surface area contributed by atoms with Crippen LogP contribution in [-0.4, -0.2) is 20.7 Å². The van der Waals surface area contributed by atoms with E-state index in [1.54, 1.807) is 22.9 Å². The molecule has 3 aromatic rings. The highest BCUT2D eigenvalue weighted by atomic mass is 35.5. The fourth-order valence-electron chi connectivity index (χ4n) is 2.60. The summed E-state index contributed by atoms with van der Waals surface area (Å²) in [5, 5.41) is 4.64. The Kier molecular flexibility index (Phi) is 3.09. The highest BCUT2D eigenvalue weighted by Gasteiger charge is 2.30. The van der Waals surface area contributed by atoms with Crippen molar-refractivity contribution >= 4 is 28.5 Å². The minimum atomic E-state index is -0.584. The largest absolute Gasteiger partial charge is 0.364 e. The molecule has 0 unspecified atom stereocenters. The number of aromatic nitrogens is 3. The Balaban J connectivity index is 1.96. The standard InChI is InChI=1S/C16H12ClFN4O/c17-10-4-3-9(7-11(10)18)22-13-6-5-12(16(19)23)20-15(13)14(21-22)8-1-2-8/h3-8H,1-2H2,(H2,19,23). The van der Waals surface area contributed by atoms with Crippen LogP contribution < -0.4 is 5.73 Å². The Bertz CT molecular complexity index is 949. The average molecular weight is 331 g/mol. The zero-order valence-electron chi connectivity index (χ0n) is 12.0. The molecule has 5 nitrogen and oxygen atoms in total. The topological polar surface area (TPSA) is 73.8 Å². The van der Waals surface area contributed by atoms with Gasteiger partial charge in [0.05, 0.1) is 21.9 Å². The molecule has 2 heterocycles. The van der Waals surface area contributed by atoms with Crippen LogP contribution in [0, 0.1) is 5.82 Å². The summed E-state index contributed by atoms with van der Waals surface area (Å²) in [6, 6.07) is 7.78. The molecule has 0 bridgehead atoms. The minimum absolute atomic E-state index is 0.0572. The van der Waals surface area contributed by atoms with Gasteiger partial charge in [0.2, 0.25) is 0 Å². The molecule has 1 saturated carbocycles. The van der Waals surface area contributed by atoms with Gasteiger partial charge in [-0.05, 0) is 37.1 Å². The second-order valence-electron chi connectivity index (χ2n) is 5.60. The Labute approximate surface area is 135 Å². The van der Waals surface area contributed by atoms with Gasteiger partial charge in [-0.15, -0.1) is 0 Å². The highest BCUT2D eigenvalue weighted by molar-refractivity contribution is 6.30. The van der Waals surface area contributed by atoms with Gasteiger partial charge in [-0.2, -0.15) is 5.10 Å². The van der Waals surface area contributed by atoms with Crippen molar-refractivity contribution in [2.24, 2.45) is 5.73 Å². The molecule has 7 heteroatoms. The molecule has 23 heavy (non-hydrogen) atoms. The lowest BCUT2D eigenvalue weighted by molar-refractivity contribution is 0.0996. The first-order valence-electron chi connectivity index (χ1n) is 7.19. The number of amides is 1. The number of nitrogens with two attached hydrogens (primary N) is 1. The van der Waals surface area contributed by atoms with E-state index in [-0.39, 0.29) is 10.7 Å². The predicted octanol–water partition coefficient (Wildman–Crippen LogP) is 3.19. The number of benzene rings is 1. The number of pyridine rings is 1. The molecule has 2 N–H and O–H groups in total. The normalized spacial score (nSPS) is 14.3. The summed E-state index contributed by atoms with van der Waals surface area (Å²) in [5.74, 6) is -0.770. The maximum absolute atomic E-state index is 13.8. The van der Waals surface area contributed by atoms with Crippen LogP contribution >= 0.6 is 11.6 Å². The van der Waals surface area contributed by atoms with E-state index in [0.717, 1.165) is 18.5 Å². The Morgan fingerprint density at radius 3 is 2.74 bits per heavy atom. The molecule has 0 atom stereocenters. The third kappa shape index (κ3) is 2.35. The molecule has 116 valence electrons. The number of hydrogen-bond acceptors (Lipinski definition) is 3. The molecular weight excluding hydrogens is 319 g/mol. The van der Waals surface area contributed by atoms with Gasteiger partial charge in [0.15, 0.2) is 0 Å². The molecule has 2 aromatic heterocycles. The van der Waals surface area contributed by atoms with Gasteiger partial charge in [0.25, 0.3) is 5.91 Å². The SMILES string of the molecule is NC(=O)c1ccc2c(n1)c(C1CC1)nn2-c1ccc(Cl)c(F)c1. The third-order valence-corrected chi connectivity index (χ3v) is 4.22. The van der Waals surface area contributed by atoms with Crippen molar-refractivity contribution < 1.29 is 9.18 Å². The number of rotatable bonds is 3. The summed E-state index contributed by atoms with van der Waals surface area (Å²) >= 11 is 5.74. The van der Waals surface area contributed by atoms with Crippen molar-refractivity contribution in [2.75, 3.05) is 0 Å². The maximum Gasteiger partial charge on any atom is 0.267 e. The quantitative estimate of drug-likeness (QED) is 0.801. The first-order valence-corrected chi connectivity index (χ1v) is 7.57. The molecule has 1 aliphatic rings. The fraction of sp³-hybridized carbons (Fsp3) is 0.188. The number of nitrogens with zero attached hydrogens (tertiary/aromatic N) is 3. The van der Waals surface area contributed by atoms with E-state index in [2.05, 4.69) is 10.1 Å². The van der Waals surface area contributed by atoms with Crippen molar-refractivity contribution in [2.45, 2.75) is 18.8 Å². The zero-order chi connectivity index (χ0) is 16.1. The van der Waals surface area contributed by atoms with E-state index in [1.165, 1.54) is 12.1 Å². The van der Waals surface area contributed by atoms with E-state index in [9.17, 15) is 9.18 Å². The lowest BCUT2D eigenvalue weighted by atomic mass is 10.2. The van der Waals surface area contributed by atoms with E-state index >= 15 is 0 Å². The number of carbonyl (C=O) groups is 1. The second-order valence-corrected chi connectivity index (χ2v) is 6.01. The first kappa shape index (κ1) is 14.1. The molecule has 1 amide bonds. The molecular formula is C16H12ClFN4O. The summed E-state index contributed by atoms with van der Waals surface area (Å²) in [7, 11) is 0. The van der Waals surface area contributed by atoms with Crippen LogP contribution in [0.4, 0.5) is 4.39 Å². The number of fused-ring (bicyclic) bond motifs is 1. The van der Waals surface area contributed by atoms with E-state index < -0.39 is 11.7 Å². The Hall–Kier alpha value is -2.47. The summed E-state index contributed by atoms with van der Waals surface area (Å²) in [6.07, 6.45) is 2.06. The van der Waals surface area contributed by atoms with Crippen molar-refractivity contribution in [3.8, 4) is 5.69 Å². The fourth-order valence-corrected chi connectivity index (χ4v) is 2.72. The number of primary amides is 1. The first-order chi connectivity index (χ1) is 11.0. The van der Waals surface area contributed by atoms with Gasteiger partial charge in [-0.3, -0.25) is 4.79 Å². The van der Waals surface area contributed by atoms with Crippen molar-refractivity contribution in [1.82, 2.24) is 14.8 Å². The summed E-state index contributed by atoms with van der Waals surface area (Å²) < 4.78 is 15.4. The number of hydrogen-bond donors (Lipinski definition) is 1. The molecule has 1 fully saturated rings. The lowest BCUT2D eigenvalue weighted by Gasteiger charge is -2.04. The van der Waals surface area contributed by atoms with Crippen LogP contribution in [0.1, 0.15) is 34.9 Å². The van der Waals surface area contributed by atoms with E-state index in [1.807, 2.05) is 0 Å². The molecule has 0 aliphatic heterocycles. The van der Waals surface area contributed by atoms with Gasteiger partial charge < -0.3 is 5.73 Å². The molecule has 0 saturated heterocycles. The van der Waals surface area contributed by atoms with Crippen LogP contribution in [-0.2, 0) is 0 Å². The van der Waals surface area contributed by atoms with E-state index in [4.69, 9.17) is 17.3 Å². The van der Waals surface area contributed by atoms with Gasteiger partial charge in [0, 0.05) is 12.0 Å². The zero-order valence-corrected chi connectivity index (χ0v) is 12.7. The smallest absolute Gasteiger partial charge is 0.267 e. The predicted molar refractivity (Wildman–Crippen MR) is 84.3 cm³/mol. The third-order valence-electron chi connectivity index (χ3n) is 3.92. The summed E-state index contributed by atoms with van der Waals surface area (Å²) in [5.41, 5.74) is 8.22. The Morgan fingerprint density at radius 1 is 1.30 bits per heavy atom. The van der Waals surface area contributed by atoms with Crippen LogP contribution in [0.25, 0.3) is 16.7 Å². The average Bonchev–Trinajstić information content (AvgIpc) is 3.30. The van der Waals surface area contributed by atoms with Crippen LogP contribution in [0.5, 0.6) is 0 Å². The minimum Gasteiger partial charge on any atom is -0.364 e. The lowest BCUT2D eigenvalue weighted by Crippen LogP contribution is -2.12. The second kappa shape index (κ2) is 5.03. The van der Waals surface area contributed by atoms with E-state index in [0.29, 0.717) is 22.6 Å². The van der Waals surface area contributed by atoms with Crippen molar-refractivity contribution in [3.63, 3.8) is 0 Å². The Morgan fingerprint density at radius 2 is 2.09 bits per heavy atom. The van der Waals surface area contributed by atoms with Gasteiger partial charge >= 0.3 is 0 Å². The van der Waals surface area contributed by atoms with Gasteiger partial charge in [-0.25, -0.2) is 14.1 Å². The number of carbonyl (C=O) groups excluding carboxylic acids is 1. The summed E-state index contributed by atoms with van der Waals surface area (Å²) in [4.78, 5) is 15.7. The summed E-state index contributed by atoms with van der Waals surface area (Å²) in [6.45, 7) is 0. The van der Waals surface area contributed by atoms with Crippen molar-refractivity contribution in [1.29, 1.82) is 0 Å². The van der Waals surface area contributed by atoms with Crippen molar-refractivity contribution in [3.05, 3.63) is 52.6 Å². The number of halogens is 2. The van der Waals surface area contributed by atoms with Crippen LogP contribution in [0.2, 0.25) is 5.02 Å². The molecule has 1 aliphatic carbocycles. The maximum atomic E-state index is 13.8. The molecule has 0 radical (unpaired) electrons. The highest BCUT2D eigenvalue weighted by Crippen LogP contribution is 2.42. The molecule has 0 spiro atoms. The van der Waals surface area contributed by atoms with Crippen LogP contribution in [0.15, 0.2) is 30.3 Å². The van der Waals surface area contributed by atoms with Crippen LogP contribution in [0.3, 0.4) is 0 Å². The molecule has 4 rings (SSSR count). The monoisotopic (exact) mass is 330 g/mol. The van der Waals surface area contributed by atoms with Gasteiger partial charge in [-0.1, -0.05) is 11.6 Å². The van der Waals surface area contributed by atoms with Gasteiger partial charge in [0.1, 0.15) is 17.0 Å². The molecule has 1 aromatic carbocycles.